The molecule has 0 bridgehead atoms. The van der Waals surface area contributed by atoms with E-state index in [1.807, 2.05) is 13.8 Å². The van der Waals surface area contributed by atoms with Crippen molar-refractivity contribution in [2.24, 2.45) is 4.99 Å². The number of amides is 1. The first-order chi connectivity index (χ1) is 12.9. The molecule has 0 unspecified atom stereocenters. The highest BCUT2D eigenvalue weighted by atomic mass is 127. The molecule has 1 aromatic carbocycles. The quantitative estimate of drug-likeness (QED) is 0.280. The number of nitrogens with zero attached hydrogens (tertiary/aromatic N) is 1. The van der Waals surface area contributed by atoms with Crippen LogP contribution >= 0.6 is 24.0 Å². The molecule has 11 heteroatoms. The molecular weight excluding hydrogens is 489 g/mol. The Hall–Kier alpha value is -2.05. The zero-order chi connectivity index (χ0) is 19.8. The SMILES string of the molecule is CN=C(NCCC(=O)NC(C)C)NCc1cc2c(cc1OC(F)F)OCO2.I. The summed E-state index contributed by atoms with van der Waals surface area (Å²) in [5.41, 5.74) is 0.458. The lowest BCUT2D eigenvalue weighted by molar-refractivity contribution is -0.121. The fraction of sp³-hybridized carbons (Fsp3) is 0.529. The number of carbonyl (C=O) groups excluding carboxylic acids is 1. The van der Waals surface area contributed by atoms with E-state index in [2.05, 4.69) is 25.7 Å². The van der Waals surface area contributed by atoms with E-state index < -0.39 is 6.61 Å². The summed E-state index contributed by atoms with van der Waals surface area (Å²) in [7, 11) is 1.57. The van der Waals surface area contributed by atoms with E-state index in [1.165, 1.54) is 6.07 Å². The number of ether oxygens (including phenoxy) is 3. The largest absolute Gasteiger partial charge is 0.454 e. The zero-order valence-corrected chi connectivity index (χ0v) is 18.2. The summed E-state index contributed by atoms with van der Waals surface area (Å²) in [5.74, 6) is 1.16. The monoisotopic (exact) mass is 514 g/mol. The number of aliphatic imine (C=N–C) groups is 1. The average Bonchev–Trinajstić information content (AvgIpc) is 3.03. The van der Waals surface area contributed by atoms with E-state index in [-0.39, 0.29) is 61.4 Å². The fourth-order valence-electron chi connectivity index (χ4n) is 2.40. The second-order valence-electron chi connectivity index (χ2n) is 6.02. The van der Waals surface area contributed by atoms with Gasteiger partial charge in [0, 0.05) is 44.2 Å². The molecule has 0 aromatic heterocycles. The van der Waals surface area contributed by atoms with Gasteiger partial charge in [0.1, 0.15) is 5.75 Å². The van der Waals surface area contributed by atoms with Crippen LogP contribution in [0.2, 0.25) is 0 Å². The minimum Gasteiger partial charge on any atom is -0.454 e. The third kappa shape index (κ3) is 7.52. The number of halogens is 3. The number of benzene rings is 1. The van der Waals surface area contributed by atoms with Gasteiger partial charge < -0.3 is 30.2 Å². The highest BCUT2D eigenvalue weighted by molar-refractivity contribution is 14.0. The van der Waals surface area contributed by atoms with Crippen LogP contribution in [0.15, 0.2) is 17.1 Å². The molecule has 0 spiro atoms. The van der Waals surface area contributed by atoms with Gasteiger partial charge >= 0.3 is 6.61 Å². The Bertz CT molecular complexity index is 689. The first kappa shape index (κ1) is 24.0. The smallest absolute Gasteiger partial charge is 0.387 e. The van der Waals surface area contributed by atoms with Crippen LogP contribution in [0.25, 0.3) is 0 Å². The van der Waals surface area contributed by atoms with Gasteiger partial charge in [-0.2, -0.15) is 8.78 Å². The highest BCUT2D eigenvalue weighted by Crippen LogP contribution is 2.38. The molecule has 1 amide bonds. The molecule has 0 radical (unpaired) electrons. The molecule has 1 heterocycles. The van der Waals surface area contributed by atoms with Gasteiger partial charge in [0.05, 0.1) is 0 Å². The molecule has 0 saturated heterocycles. The van der Waals surface area contributed by atoms with Crippen molar-refractivity contribution in [3.05, 3.63) is 17.7 Å². The molecule has 0 saturated carbocycles. The number of alkyl halides is 2. The Morgan fingerprint density at radius 2 is 1.93 bits per heavy atom. The maximum absolute atomic E-state index is 12.7. The molecule has 1 aliphatic rings. The van der Waals surface area contributed by atoms with Gasteiger partial charge in [-0.1, -0.05) is 0 Å². The molecule has 0 aliphatic carbocycles. The molecule has 0 atom stereocenters. The third-order valence-corrected chi connectivity index (χ3v) is 3.54. The summed E-state index contributed by atoms with van der Waals surface area (Å²) in [4.78, 5) is 15.7. The Morgan fingerprint density at radius 3 is 2.54 bits per heavy atom. The summed E-state index contributed by atoms with van der Waals surface area (Å²) in [6, 6.07) is 3.03. The minimum absolute atomic E-state index is 0. The number of hydrogen-bond acceptors (Lipinski definition) is 5. The number of hydrogen-bond donors (Lipinski definition) is 3. The number of carbonyl (C=O) groups is 1. The van der Waals surface area contributed by atoms with Crippen LogP contribution in [-0.4, -0.2) is 44.9 Å². The normalized spacial score (nSPS) is 12.6. The summed E-state index contributed by atoms with van der Waals surface area (Å²) in [6.07, 6.45) is 0.280. The van der Waals surface area contributed by atoms with Gasteiger partial charge in [0.2, 0.25) is 12.7 Å². The highest BCUT2D eigenvalue weighted by Gasteiger charge is 2.20. The standard InChI is InChI=1S/C17H24F2N4O4.HI/c1-10(2)23-15(24)4-5-21-17(20-3)22-8-11-6-13-14(26-9-25-13)7-12(11)27-16(18)19;/h6-7,10,16H,4-5,8-9H2,1-3H3,(H,23,24)(H2,20,21,22);1H. The lowest BCUT2D eigenvalue weighted by Crippen LogP contribution is -2.39. The molecular formula is C17H25F2IN4O4. The molecule has 0 fully saturated rings. The molecule has 28 heavy (non-hydrogen) atoms. The molecule has 3 N–H and O–H groups in total. The summed E-state index contributed by atoms with van der Waals surface area (Å²) >= 11 is 0. The first-order valence-corrected chi connectivity index (χ1v) is 8.50. The van der Waals surface area contributed by atoms with Gasteiger partial charge in [0.15, 0.2) is 17.5 Å². The van der Waals surface area contributed by atoms with Crippen molar-refractivity contribution in [1.29, 1.82) is 0 Å². The number of nitrogens with one attached hydrogen (secondary N) is 3. The summed E-state index contributed by atoms with van der Waals surface area (Å²) in [6.45, 7) is 1.38. The zero-order valence-electron chi connectivity index (χ0n) is 15.9. The minimum atomic E-state index is -2.96. The van der Waals surface area contributed by atoms with E-state index in [9.17, 15) is 13.6 Å². The van der Waals surface area contributed by atoms with Crippen LogP contribution in [0.3, 0.4) is 0 Å². The van der Waals surface area contributed by atoms with E-state index >= 15 is 0 Å². The molecule has 158 valence electrons. The lowest BCUT2D eigenvalue weighted by atomic mass is 10.1. The van der Waals surface area contributed by atoms with Gasteiger partial charge in [0.25, 0.3) is 0 Å². The van der Waals surface area contributed by atoms with Crippen LogP contribution < -0.4 is 30.2 Å². The Morgan fingerprint density at radius 1 is 1.25 bits per heavy atom. The molecule has 8 nitrogen and oxygen atoms in total. The second-order valence-corrected chi connectivity index (χ2v) is 6.02. The Kier molecular flexibility index (Phi) is 10.0. The van der Waals surface area contributed by atoms with Gasteiger partial charge in [-0.25, -0.2) is 0 Å². The van der Waals surface area contributed by atoms with Crippen LogP contribution in [0.5, 0.6) is 17.2 Å². The molecule has 2 rings (SSSR count). The van der Waals surface area contributed by atoms with Crippen molar-refractivity contribution in [1.82, 2.24) is 16.0 Å². The van der Waals surface area contributed by atoms with E-state index in [4.69, 9.17) is 9.47 Å². The van der Waals surface area contributed by atoms with Gasteiger partial charge in [-0.05, 0) is 19.9 Å². The summed E-state index contributed by atoms with van der Waals surface area (Å²) < 4.78 is 40.3. The van der Waals surface area contributed by atoms with Crippen LogP contribution in [0, 0.1) is 0 Å². The van der Waals surface area contributed by atoms with Gasteiger partial charge in [-0.3, -0.25) is 9.79 Å². The number of rotatable bonds is 8. The van der Waals surface area contributed by atoms with Crippen LogP contribution in [-0.2, 0) is 11.3 Å². The van der Waals surface area contributed by atoms with Crippen LogP contribution in [0.1, 0.15) is 25.8 Å². The predicted octanol–water partition coefficient (Wildman–Crippen LogP) is 2.21. The predicted molar refractivity (Wildman–Crippen MR) is 111 cm³/mol. The van der Waals surface area contributed by atoms with Crippen molar-refractivity contribution in [3.8, 4) is 17.2 Å². The van der Waals surface area contributed by atoms with Crippen molar-refractivity contribution in [2.75, 3.05) is 20.4 Å². The third-order valence-electron chi connectivity index (χ3n) is 3.54. The average molecular weight is 514 g/mol. The van der Waals surface area contributed by atoms with E-state index in [0.717, 1.165) is 0 Å². The molecule has 1 aromatic rings. The Balaban J connectivity index is 0.00000392. The van der Waals surface area contributed by atoms with Gasteiger partial charge in [-0.15, -0.1) is 24.0 Å². The maximum Gasteiger partial charge on any atom is 0.387 e. The van der Waals surface area contributed by atoms with Crippen molar-refractivity contribution in [2.45, 2.75) is 39.5 Å². The van der Waals surface area contributed by atoms with Crippen molar-refractivity contribution >= 4 is 35.8 Å². The van der Waals surface area contributed by atoms with E-state index in [1.54, 1.807) is 13.1 Å². The maximum atomic E-state index is 12.7. The van der Waals surface area contributed by atoms with E-state index in [0.29, 0.717) is 29.6 Å². The number of guanidine groups is 1. The Labute approximate surface area is 179 Å². The first-order valence-electron chi connectivity index (χ1n) is 8.50. The molecule has 1 aliphatic heterocycles. The van der Waals surface area contributed by atoms with Crippen molar-refractivity contribution in [3.63, 3.8) is 0 Å². The summed E-state index contributed by atoms with van der Waals surface area (Å²) in [5, 5.41) is 8.77. The lowest BCUT2D eigenvalue weighted by Gasteiger charge is -2.15. The topological polar surface area (TPSA) is 93.2 Å². The second kappa shape index (κ2) is 11.7. The van der Waals surface area contributed by atoms with Crippen molar-refractivity contribution < 1.29 is 27.8 Å². The number of fused-ring (bicyclic) bond motifs is 1. The fourth-order valence-corrected chi connectivity index (χ4v) is 2.40. The van der Waals surface area contributed by atoms with Crippen LogP contribution in [0.4, 0.5) is 8.78 Å².